The Morgan fingerprint density at radius 2 is 1.57 bits per heavy atom. The van der Waals surface area contributed by atoms with Crippen molar-refractivity contribution < 1.29 is 4.39 Å². The van der Waals surface area contributed by atoms with E-state index in [9.17, 15) is 4.39 Å². The minimum atomic E-state index is -0.00463. The van der Waals surface area contributed by atoms with Crippen LogP contribution in [0.2, 0.25) is 0 Å². The van der Waals surface area contributed by atoms with Crippen LogP contribution < -0.4 is 0 Å². The third-order valence-corrected chi connectivity index (χ3v) is 2.63. The lowest BCUT2D eigenvalue weighted by molar-refractivity contribution is 0.570. The topological polar surface area (TPSA) is 0 Å². The molecule has 0 saturated carbocycles. The number of benzene rings is 1. The van der Waals surface area contributed by atoms with E-state index in [1.165, 1.54) is 0 Å². The van der Waals surface area contributed by atoms with E-state index in [2.05, 4.69) is 0 Å². The maximum Gasteiger partial charge on any atom is 0.130 e. The molecule has 0 nitrogen and oxygen atoms in total. The van der Waals surface area contributed by atoms with Gasteiger partial charge in [-0.1, -0.05) is 39.8 Å². The van der Waals surface area contributed by atoms with Crippen molar-refractivity contribution in [2.75, 3.05) is 0 Å². The summed E-state index contributed by atoms with van der Waals surface area (Å²) in [6.45, 7) is 10.1. The lowest BCUT2D eigenvalue weighted by atomic mass is 9.91. The van der Waals surface area contributed by atoms with Crippen LogP contribution in [0.25, 0.3) is 0 Å². The Morgan fingerprint density at radius 3 is 2.00 bits per heavy atom. The summed E-state index contributed by atoms with van der Waals surface area (Å²) < 4.78 is 14.0. The maximum atomic E-state index is 14.0. The fourth-order valence-corrected chi connectivity index (χ4v) is 1.86. The molecule has 78 valence electrons. The minimum Gasteiger partial charge on any atom is -0.206 e. The van der Waals surface area contributed by atoms with Crippen LogP contribution in [0.4, 0.5) is 4.39 Å². The third-order valence-electron chi connectivity index (χ3n) is 2.63. The van der Waals surface area contributed by atoms with Crippen LogP contribution >= 0.6 is 0 Å². The van der Waals surface area contributed by atoms with E-state index < -0.39 is 0 Å². The average Bonchev–Trinajstić information content (AvgIpc) is 2.02. The van der Waals surface area contributed by atoms with Crippen molar-refractivity contribution in [2.45, 2.75) is 46.5 Å². The molecule has 0 aliphatic heterocycles. The number of rotatable bonds is 2. The molecule has 1 rings (SSSR count). The molecule has 0 atom stereocenters. The van der Waals surface area contributed by atoms with E-state index in [0.29, 0.717) is 0 Å². The van der Waals surface area contributed by atoms with Gasteiger partial charge < -0.3 is 0 Å². The molecule has 14 heavy (non-hydrogen) atoms. The maximum absolute atomic E-state index is 14.0. The van der Waals surface area contributed by atoms with Gasteiger partial charge in [0.05, 0.1) is 0 Å². The SMILES string of the molecule is Cc1ccc(C(C)C)c(F)c1C(C)C. The monoisotopic (exact) mass is 194 g/mol. The Kier molecular flexibility index (Phi) is 3.30. The summed E-state index contributed by atoms with van der Waals surface area (Å²) in [4.78, 5) is 0. The quantitative estimate of drug-likeness (QED) is 0.655. The van der Waals surface area contributed by atoms with Gasteiger partial charge in [-0.05, 0) is 35.4 Å². The molecule has 1 heteroatoms. The van der Waals surface area contributed by atoms with Crippen LogP contribution in [0, 0.1) is 12.7 Å². The van der Waals surface area contributed by atoms with Gasteiger partial charge in [-0.2, -0.15) is 0 Å². The molecule has 0 aromatic heterocycles. The first-order chi connectivity index (χ1) is 6.45. The van der Waals surface area contributed by atoms with Gasteiger partial charge in [-0.15, -0.1) is 0 Å². The highest BCUT2D eigenvalue weighted by atomic mass is 19.1. The van der Waals surface area contributed by atoms with Crippen LogP contribution in [-0.4, -0.2) is 0 Å². The fraction of sp³-hybridized carbons (Fsp3) is 0.538. The summed E-state index contributed by atoms with van der Waals surface area (Å²) in [7, 11) is 0. The van der Waals surface area contributed by atoms with Crippen molar-refractivity contribution in [3.05, 3.63) is 34.6 Å². The van der Waals surface area contributed by atoms with Crippen LogP contribution in [0.5, 0.6) is 0 Å². The molecule has 0 unspecified atom stereocenters. The van der Waals surface area contributed by atoms with Crippen molar-refractivity contribution in [2.24, 2.45) is 0 Å². The molecule has 0 bridgehead atoms. The fourth-order valence-electron chi connectivity index (χ4n) is 1.86. The first kappa shape index (κ1) is 11.2. The molecule has 0 fully saturated rings. The normalized spacial score (nSPS) is 11.4. The van der Waals surface area contributed by atoms with Crippen LogP contribution in [0.3, 0.4) is 0 Å². The average molecular weight is 194 g/mol. The molecule has 0 saturated heterocycles. The van der Waals surface area contributed by atoms with E-state index >= 15 is 0 Å². The van der Waals surface area contributed by atoms with Gasteiger partial charge in [0, 0.05) is 0 Å². The van der Waals surface area contributed by atoms with Crippen LogP contribution in [0.15, 0.2) is 12.1 Å². The number of aryl methyl sites for hydroxylation is 1. The molecule has 0 heterocycles. The van der Waals surface area contributed by atoms with E-state index in [0.717, 1.165) is 16.7 Å². The second-order valence-corrected chi connectivity index (χ2v) is 4.51. The van der Waals surface area contributed by atoms with Crippen molar-refractivity contribution in [1.29, 1.82) is 0 Å². The van der Waals surface area contributed by atoms with Gasteiger partial charge in [-0.25, -0.2) is 4.39 Å². The van der Waals surface area contributed by atoms with Crippen molar-refractivity contribution in [1.82, 2.24) is 0 Å². The number of halogens is 1. The summed E-state index contributed by atoms with van der Waals surface area (Å²) in [5, 5.41) is 0. The predicted molar refractivity (Wildman–Crippen MR) is 59.3 cm³/mol. The Hall–Kier alpha value is -0.850. The zero-order valence-electron chi connectivity index (χ0n) is 9.69. The third kappa shape index (κ3) is 1.97. The Morgan fingerprint density at radius 1 is 1.00 bits per heavy atom. The summed E-state index contributed by atoms with van der Waals surface area (Å²) in [6.07, 6.45) is 0. The molecular weight excluding hydrogens is 175 g/mol. The Bertz CT molecular complexity index is 324. The number of hydrogen-bond acceptors (Lipinski definition) is 0. The molecule has 1 aromatic rings. The largest absolute Gasteiger partial charge is 0.206 e. The first-order valence-electron chi connectivity index (χ1n) is 5.24. The molecule has 1 aromatic carbocycles. The van der Waals surface area contributed by atoms with E-state index in [1.54, 1.807) is 0 Å². The van der Waals surface area contributed by atoms with Gasteiger partial charge in [0.25, 0.3) is 0 Å². The molecule has 0 aliphatic rings. The molecule has 0 aliphatic carbocycles. The predicted octanol–water partition coefficient (Wildman–Crippen LogP) is 4.38. The lowest BCUT2D eigenvalue weighted by Gasteiger charge is -2.16. The van der Waals surface area contributed by atoms with E-state index in [-0.39, 0.29) is 17.7 Å². The molecule has 0 radical (unpaired) electrons. The molecular formula is C13H19F. The van der Waals surface area contributed by atoms with E-state index in [4.69, 9.17) is 0 Å². The smallest absolute Gasteiger partial charge is 0.130 e. The van der Waals surface area contributed by atoms with Gasteiger partial charge in [-0.3, -0.25) is 0 Å². The summed E-state index contributed by atoms with van der Waals surface area (Å²) in [5.41, 5.74) is 2.76. The highest BCUT2D eigenvalue weighted by Crippen LogP contribution is 2.28. The van der Waals surface area contributed by atoms with Gasteiger partial charge >= 0.3 is 0 Å². The molecule has 0 N–H and O–H groups in total. The Labute approximate surface area is 86.2 Å². The van der Waals surface area contributed by atoms with Crippen LogP contribution in [0.1, 0.15) is 56.2 Å². The van der Waals surface area contributed by atoms with Crippen LogP contribution in [-0.2, 0) is 0 Å². The minimum absolute atomic E-state index is 0.00463. The zero-order chi connectivity index (χ0) is 10.9. The Balaban J connectivity index is 3.34. The summed E-state index contributed by atoms with van der Waals surface area (Å²) in [5.74, 6) is 0.511. The standard InChI is InChI=1S/C13H19F/c1-8(2)11-7-6-10(5)12(9(3)4)13(11)14/h6-9H,1-5H3. The summed E-state index contributed by atoms with van der Waals surface area (Å²) >= 11 is 0. The van der Waals surface area contributed by atoms with Crippen molar-refractivity contribution in [3.8, 4) is 0 Å². The van der Waals surface area contributed by atoms with Gasteiger partial charge in [0.1, 0.15) is 5.82 Å². The van der Waals surface area contributed by atoms with E-state index in [1.807, 2.05) is 46.8 Å². The van der Waals surface area contributed by atoms with Crippen molar-refractivity contribution in [3.63, 3.8) is 0 Å². The van der Waals surface area contributed by atoms with Crippen molar-refractivity contribution >= 4 is 0 Å². The van der Waals surface area contributed by atoms with Gasteiger partial charge in [0.15, 0.2) is 0 Å². The first-order valence-corrected chi connectivity index (χ1v) is 5.24. The lowest BCUT2D eigenvalue weighted by Crippen LogP contribution is -2.02. The number of hydrogen-bond donors (Lipinski definition) is 0. The second-order valence-electron chi connectivity index (χ2n) is 4.51. The highest BCUT2D eigenvalue weighted by molar-refractivity contribution is 5.36. The zero-order valence-corrected chi connectivity index (χ0v) is 9.69. The molecule has 0 spiro atoms. The summed E-state index contributed by atoms with van der Waals surface area (Å²) in [6, 6.07) is 3.93. The van der Waals surface area contributed by atoms with Gasteiger partial charge in [0.2, 0.25) is 0 Å². The molecule has 0 amide bonds. The second kappa shape index (κ2) is 4.12. The highest BCUT2D eigenvalue weighted by Gasteiger charge is 2.15.